The number of carboxylic acids is 1. The van der Waals surface area contributed by atoms with Crippen LogP contribution >= 0.6 is 0 Å². The lowest BCUT2D eigenvalue weighted by atomic mass is 9.75. The first-order valence-electron chi connectivity index (χ1n) is 6.67. The number of carbonyl (C=O) groups excluding carboxylic acids is 1. The summed E-state index contributed by atoms with van der Waals surface area (Å²) in [5, 5.41) is 8.90. The third kappa shape index (κ3) is 1.92. The van der Waals surface area contributed by atoms with Crippen molar-refractivity contribution in [1.29, 1.82) is 0 Å². The van der Waals surface area contributed by atoms with Crippen LogP contribution < -0.4 is 0 Å². The van der Waals surface area contributed by atoms with Crippen LogP contribution in [0.5, 0.6) is 0 Å². The lowest BCUT2D eigenvalue weighted by Gasteiger charge is -2.24. The van der Waals surface area contributed by atoms with Crippen LogP contribution in [0.3, 0.4) is 0 Å². The predicted octanol–water partition coefficient (Wildman–Crippen LogP) is 2.44. The second kappa shape index (κ2) is 4.47. The number of esters is 1. The van der Waals surface area contributed by atoms with Crippen molar-refractivity contribution >= 4 is 11.9 Å². The molecule has 0 bridgehead atoms. The summed E-state index contributed by atoms with van der Waals surface area (Å²) in [5.41, 5.74) is 1.84. The van der Waals surface area contributed by atoms with E-state index in [0.717, 1.165) is 17.6 Å². The second-order valence-electron chi connectivity index (χ2n) is 5.76. The molecule has 1 unspecified atom stereocenters. The number of benzene rings is 1. The van der Waals surface area contributed by atoms with Crippen molar-refractivity contribution in [3.8, 4) is 0 Å². The molecular weight excluding hydrogens is 256 g/mol. The van der Waals surface area contributed by atoms with Crippen LogP contribution in [0.1, 0.15) is 28.8 Å². The minimum atomic E-state index is -0.942. The molecule has 2 atom stereocenters. The largest absolute Gasteiger partial charge is 0.478 e. The Morgan fingerprint density at radius 1 is 1.40 bits per heavy atom. The summed E-state index contributed by atoms with van der Waals surface area (Å²) in [6.07, 6.45) is 2.12. The van der Waals surface area contributed by atoms with Crippen molar-refractivity contribution in [1.82, 2.24) is 0 Å². The van der Waals surface area contributed by atoms with Crippen LogP contribution in [-0.4, -0.2) is 23.7 Å². The molecule has 0 amide bonds. The predicted molar refractivity (Wildman–Crippen MR) is 72.4 cm³/mol. The van der Waals surface area contributed by atoms with Crippen molar-refractivity contribution in [2.45, 2.75) is 19.3 Å². The highest BCUT2D eigenvalue weighted by Crippen LogP contribution is 2.52. The first-order chi connectivity index (χ1) is 9.51. The Kier molecular flexibility index (Phi) is 2.89. The smallest absolute Gasteiger partial charge is 0.335 e. The molecule has 20 heavy (non-hydrogen) atoms. The fourth-order valence-corrected chi connectivity index (χ4v) is 3.39. The molecule has 0 aromatic heterocycles. The summed E-state index contributed by atoms with van der Waals surface area (Å²) in [6.45, 7) is 4.49. The quantitative estimate of drug-likeness (QED) is 0.678. The maximum Gasteiger partial charge on any atom is 0.335 e. The molecule has 104 valence electrons. The normalized spacial score (nSPS) is 28.3. The van der Waals surface area contributed by atoms with E-state index in [4.69, 9.17) is 9.84 Å². The summed E-state index contributed by atoms with van der Waals surface area (Å²) in [7, 11) is 0. The lowest BCUT2D eigenvalue weighted by Crippen LogP contribution is -2.31. The molecule has 1 aromatic rings. The molecular formula is C16H16O4. The number of ether oxygens (including phenoxy) is 1. The van der Waals surface area contributed by atoms with Gasteiger partial charge in [-0.25, -0.2) is 4.79 Å². The van der Waals surface area contributed by atoms with E-state index < -0.39 is 11.4 Å². The minimum absolute atomic E-state index is 0.136. The number of rotatable bonds is 3. The van der Waals surface area contributed by atoms with E-state index in [-0.39, 0.29) is 17.5 Å². The molecule has 0 radical (unpaired) electrons. The summed E-state index contributed by atoms with van der Waals surface area (Å²) in [5.74, 6) is -0.868. The number of aromatic carboxylic acids is 1. The molecule has 1 saturated heterocycles. The van der Waals surface area contributed by atoms with Gasteiger partial charge in [0, 0.05) is 5.92 Å². The highest BCUT2D eigenvalue weighted by molar-refractivity contribution is 5.87. The van der Waals surface area contributed by atoms with E-state index in [9.17, 15) is 9.59 Å². The zero-order valence-electron chi connectivity index (χ0n) is 11.1. The van der Waals surface area contributed by atoms with Crippen LogP contribution in [0.4, 0.5) is 0 Å². The average Bonchev–Trinajstić information content (AvgIpc) is 2.86. The fourth-order valence-electron chi connectivity index (χ4n) is 3.39. The zero-order chi connectivity index (χ0) is 14.3. The van der Waals surface area contributed by atoms with E-state index in [1.165, 1.54) is 0 Å². The van der Waals surface area contributed by atoms with Crippen molar-refractivity contribution in [2.75, 3.05) is 6.61 Å². The summed E-state index contributed by atoms with van der Waals surface area (Å²) in [6, 6.07) is 6.71. The molecule has 1 N–H and O–H groups in total. The second-order valence-corrected chi connectivity index (χ2v) is 5.76. The number of cyclic esters (lactones) is 1. The molecule has 2 aliphatic rings. The molecule has 3 rings (SSSR count). The summed E-state index contributed by atoms with van der Waals surface area (Å²) in [4.78, 5) is 23.0. The van der Waals surface area contributed by atoms with E-state index in [2.05, 4.69) is 6.58 Å². The summed E-state index contributed by atoms with van der Waals surface area (Å²) >= 11 is 0. The molecule has 4 heteroatoms. The Hall–Kier alpha value is -2.10. The van der Waals surface area contributed by atoms with Gasteiger partial charge in [0.25, 0.3) is 0 Å². The van der Waals surface area contributed by atoms with Gasteiger partial charge in [0.15, 0.2) is 0 Å². The van der Waals surface area contributed by atoms with E-state index >= 15 is 0 Å². The van der Waals surface area contributed by atoms with Gasteiger partial charge < -0.3 is 9.84 Å². The Bertz CT molecular complexity index is 587. The molecule has 2 fully saturated rings. The number of carbonyl (C=O) groups is 2. The van der Waals surface area contributed by atoms with Crippen LogP contribution in [0.15, 0.2) is 36.4 Å². The lowest BCUT2D eigenvalue weighted by molar-refractivity contribution is -0.146. The highest BCUT2D eigenvalue weighted by Gasteiger charge is 2.55. The van der Waals surface area contributed by atoms with Gasteiger partial charge in [-0.3, -0.25) is 4.79 Å². The SMILES string of the molecule is C=C1C[C@@H]2COC(=O)C2(Cc2ccc(C(=O)O)cc2)C1. The van der Waals surface area contributed by atoms with Gasteiger partial charge in [-0.05, 0) is 37.0 Å². The maximum absolute atomic E-state index is 12.1. The van der Waals surface area contributed by atoms with Crippen LogP contribution in [-0.2, 0) is 16.0 Å². The third-order valence-electron chi connectivity index (χ3n) is 4.42. The Balaban J connectivity index is 1.87. The standard InChI is InChI=1S/C16H16O4/c1-10-6-13-9-20-15(19)16(13,7-10)8-11-2-4-12(5-3-11)14(17)18/h2-5,13H,1,6-9H2,(H,17,18)/t13-,16?/m1/s1. The summed E-state index contributed by atoms with van der Waals surface area (Å²) < 4.78 is 5.23. The maximum atomic E-state index is 12.1. The molecule has 0 spiro atoms. The Morgan fingerprint density at radius 2 is 2.10 bits per heavy atom. The number of allylic oxidation sites excluding steroid dienone is 1. The molecule has 1 aliphatic carbocycles. The van der Waals surface area contributed by atoms with Crippen molar-refractivity contribution in [3.63, 3.8) is 0 Å². The zero-order valence-corrected chi connectivity index (χ0v) is 11.1. The number of fused-ring (bicyclic) bond motifs is 1. The monoisotopic (exact) mass is 272 g/mol. The van der Waals surface area contributed by atoms with E-state index in [1.54, 1.807) is 24.3 Å². The minimum Gasteiger partial charge on any atom is -0.478 e. The van der Waals surface area contributed by atoms with Gasteiger partial charge in [-0.15, -0.1) is 0 Å². The number of hydrogen-bond donors (Lipinski definition) is 1. The third-order valence-corrected chi connectivity index (χ3v) is 4.42. The van der Waals surface area contributed by atoms with Gasteiger partial charge in [0.2, 0.25) is 0 Å². The molecule has 1 saturated carbocycles. The molecule has 4 nitrogen and oxygen atoms in total. The van der Waals surface area contributed by atoms with Crippen LogP contribution in [0.25, 0.3) is 0 Å². The number of hydrogen-bond acceptors (Lipinski definition) is 3. The Morgan fingerprint density at radius 3 is 2.75 bits per heavy atom. The Labute approximate surface area is 117 Å². The number of carboxylic acid groups (broad SMARTS) is 1. The van der Waals surface area contributed by atoms with Gasteiger partial charge in [0.1, 0.15) is 0 Å². The van der Waals surface area contributed by atoms with Gasteiger partial charge in [0.05, 0.1) is 17.6 Å². The molecule has 1 aromatic carbocycles. The topological polar surface area (TPSA) is 63.6 Å². The van der Waals surface area contributed by atoms with Gasteiger partial charge in [-0.2, -0.15) is 0 Å². The van der Waals surface area contributed by atoms with Gasteiger partial charge >= 0.3 is 11.9 Å². The van der Waals surface area contributed by atoms with Gasteiger partial charge in [-0.1, -0.05) is 24.3 Å². The highest BCUT2D eigenvalue weighted by atomic mass is 16.5. The van der Waals surface area contributed by atoms with Crippen molar-refractivity contribution < 1.29 is 19.4 Å². The average molecular weight is 272 g/mol. The van der Waals surface area contributed by atoms with Crippen molar-refractivity contribution in [3.05, 3.63) is 47.5 Å². The molecule has 1 aliphatic heterocycles. The van der Waals surface area contributed by atoms with Crippen molar-refractivity contribution in [2.24, 2.45) is 11.3 Å². The van der Waals surface area contributed by atoms with E-state index in [0.29, 0.717) is 19.4 Å². The first-order valence-corrected chi connectivity index (χ1v) is 6.67. The first kappa shape index (κ1) is 12.9. The molecule has 1 heterocycles. The van der Waals surface area contributed by atoms with E-state index in [1.807, 2.05) is 0 Å². The fraction of sp³-hybridized carbons (Fsp3) is 0.375. The van der Waals surface area contributed by atoms with Crippen LogP contribution in [0, 0.1) is 11.3 Å². The van der Waals surface area contributed by atoms with Crippen LogP contribution in [0.2, 0.25) is 0 Å².